The number of rotatable bonds is 8. The highest BCUT2D eigenvalue weighted by atomic mass is 16.5. The lowest BCUT2D eigenvalue weighted by molar-refractivity contribution is -0.124. The molecule has 1 aliphatic heterocycles. The van der Waals surface area contributed by atoms with Gasteiger partial charge in [0.2, 0.25) is 11.8 Å². The van der Waals surface area contributed by atoms with Crippen LogP contribution < -0.4 is 10.6 Å². The third kappa shape index (κ3) is 7.07. The summed E-state index contributed by atoms with van der Waals surface area (Å²) in [6, 6.07) is 9.69. The van der Waals surface area contributed by atoms with E-state index in [1.807, 2.05) is 43.3 Å². The molecule has 0 radical (unpaired) electrons. The van der Waals surface area contributed by atoms with Crippen molar-refractivity contribution < 1.29 is 14.3 Å². The molecule has 0 bridgehead atoms. The second-order valence-corrected chi connectivity index (χ2v) is 5.92. The Morgan fingerprint density at radius 1 is 1.16 bits per heavy atom. The van der Waals surface area contributed by atoms with Crippen LogP contribution >= 0.6 is 0 Å². The van der Waals surface area contributed by atoms with Gasteiger partial charge >= 0.3 is 0 Å². The van der Waals surface area contributed by atoms with Crippen molar-refractivity contribution in [3.63, 3.8) is 0 Å². The van der Waals surface area contributed by atoms with E-state index in [0.717, 1.165) is 38.4 Å². The summed E-state index contributed by atoms with van der Waals surface area (Å²) >= 11 is 0. The Morgan fingerprint density at radius 2 is 1.88 bits per heavy atom. The van der Waals surface area contributed by atoms with Gasteiger partial charge in [0, 0.05) is 31.8 Å². The van der Waals surface area contributed by atoms with Gasteiger partial charge in [0.15, 0.2) is 0 Å². The highest BCUT2D eigenvalue weighted by Gasteiger charge is 2.12. The van der Waals surface area contributed by atoms with Crippen molar-refractivity contribution in [1.82, 2.24) is 15.5 Å². The maximum absolute atomic E-state index is 12.2. The van der Waals surface area contributed by atoms with E-state index in [-0.39, 0.29) is 18.4 Å². The first-order valence-electron chi connectivity index (χ1n) is 8.79. The zero-order valence-electron chi connectivity index (χ0n) is 14.8. The zero-order valence-corrected chi connectivity index (χ0v) is 14.8. The molecule has 6 nitrogen and oxygen atoms in total. The molecule has 6 heteroatoms. The van der Waals surface area contributed by atoms with Gasteiger partial charge in [-0.05, 0) is 18.1 Å². The molecule has 0 saturated carbocycles. The van der Waals surface area contributed by atoms with Crippen molar-refractivity contribution in [2.75, 3.05) is 45.9 Å². The van der Waals surface area contributed by atoms with E-state index in [1.54, 1.807) is 0 Å². The van der Waals surface area contributed by atoms with E-state index in [1.165, 1.54) is 0 Å². The lowest BCUT2D eigenvalue weighted by Gasteiger charge is -2.26. The molecular formula is C19H27N3O3. The molecule has 1 aliphatic rings. The minimum absolute atomic E-state index is 0.00588. The molecule has 0 spiro atoms. The second-order valence-electron chi connectivity index (χ2n) is 5.92. The molecule has 2 amide bonds. The van der Waals surface area contributed by atoms with E-state index in [2.05, 4.69) is 15.5 Å². The molecule has 0 atom stereocenters. The standard InChI is InChI=1S/C19H27N3O3/c1-2-17(14-16-6-4-3-5-7-16)19(24)21-15-18(23)20-8-9-22-10-12-25-13-11-22/h3-7,14H,2,8-13,15H2,1H3,(H,20,23)(H,21,24)/b17-14+. The Bertz CT molecular complexity index is 581. The van der Waals surface area contributed by atoms with Crippen LogP contribution in [0.4, 0.5) is 0 Å². The average Bonchev–Trinajstić information content (AvgIpc) is 2.66. The molecule has 25 heavy (non-hydrogen) atoms. The largest absolute Gasteiger partial charge is 0.379 e. The van der Waals surface area contributed by atoms with Crippen LogP contribution in [0.15, 0.2) is 35.9 Å². The summed E-state index contributed by atoms with van der Waals surface area (Å²) in [5.74, 6) is -0.369. The van der Waals surface area contributed by atoms with Gasteiger partial charge in [-0.1, -0.05) is 37.3 Å². The summed E-state index contributed by atoms with van der Waals surface area (Å²) in [6.45, 7) is 6.60. The van der Waals surface area contributed by atoms with Crippen LogP contribution in [-0.2, 0) is 14.3 Å². The van der Waals surface area contributed by atoms with Gasteiger partial charge < -0.3 is 15.4 Å². The van der Waals surface area contributed by atoms with E-state index in [4.69, 9.17) is 4.74 Å². The smallest absolute Gasteiger partial charge is 0.247 e. The van der Waals surface area contributed by atoms with Crippen LogP contribution in [-0.4, -0.2) is 62.7 Å². The van der Waals surface area contributed by atoms with Crippen molar-refractivity contribution in [2.24, 2.45) is 0 Å². The molecule has 0 unspecified atom stereocenters. The van der Waals surface area contributed by atoms with Crippen molar-refractivity contribution in [3.05, 3.63) is 41.5 Å². The molecule has 1 aromatic rings. The summed E-state index contributed by atoms with van der Waals surface area (Å²) in [7, 11) is 0. The minimum Gasteiger partial charge on any atom is -0.379 e. The average molecular weight is 345 g/mol. The molecule has 0 aliphatic carbocycles. The summed E-state index contributed by atoms with van der Waals surface area (Å²) in [5, 5.41) is 5.53. The number of carbonyl (C=O) groups is 2. The molecule has 2 rings (SSSR count). The van der Waals surface area contributed by atoms with Gasteiger partial charge in [-0.15, -0.1) is 0 Å². The lowest BCUT2D eigenvalue weighted by atomic mass is 10.1. The maximum Gasteiger partial charge on any atom is 0.247 e. The first-order chi connectivity index (χ1) is 12.2. The Labute approximate surface area is 149 Å². The highest BCUT2D eigenvalue weighted by Crippen LogP contribution is 2.09. The van der Waals surface area contributed by atoms with Crippen LogP contribution in [0.3, 0.4) is 0 Å². The highest BCUT2D eigenvalue weighted by molar-refractivity contribution is 5.99. The Kier molecular flexibility index (Phi) is 8.15. The number of amides is 2. The predicted molar refractivity (Wildman–Crippen MR) is 98.0 cm³/mol. The Hall–Kier alpha value is -2.18. The van der Waals surface area contributed by atoms with Crippen LogP contribution in [0.1, 0.15) is 18.9 Å². The third-order valence-electron chi connectivity index (χ3n) is 4.08. The zero-order chi connectivity index (χ0) is 17.9. The number of nitrogens with zero attached hydrogens (tertiary/aromatic N) is 1. The maximum atomic E-state index is 12.2. The first kappa shape index (κ1) is 19.1. The molecule has 0 aromatic heterocycles. The second kappa shape index (κ2) is 10.6. The minimum atomic E-state index is -0.199. The number of morpholine rings is 1. The van der Waals surface area contributed by atoms with Gasteiger partial charge in [0.05, 0.1) is 19.8 Å². The fraction of sp³-hybridized carbons (Fsp3) is 0.474. The van der Waals surface area contributed by atoms with Crippen LogP contribution in [0.25, 0.3) is 6.08 Å². The van der Waals surface area contributed by atoms with Crippen LogP contribution in [0.2, 0.25) is 0 Å². The molecule has 1 heterocycles. The van der Waals surface area contributed by atoms with Crippen LogP contribution in [0, 0.1) is 0 Å². The number of carbonyl (C=O) groups excluding carboxylic acids is 2. The fourth-order valence-electron chi connectivity index (χ4n) is 2.59. The van der Waals surface area contributed by atoms with Gasteiger partial charge in [-0.25, -0.2) is 0 Å². The van der Waals surface area contributed by atoms with E-state index in [9.17, 15) is 9.59 Å². The summed E-state index contributed by atoms with van der Waals surface area (Å²) < 4.78 is 5.29. The van der Waals surface area contributed by atoms with E-state index < -0.39 is 0 Å². The molecular weight excluding hydrogens is 318 g/mol. The summed E-state index contributed by atoms with van der Waals surface area (Å²) in [4.78, 5) is 26.3. The first-order valence-corrected chi connectivity index (χ1v) is 8.79. The fourth-order valence-corrected chi connectivity index (χ4v) is 2.59. The topological polar surface area (TPSA) is 70.7 Å². The SMILES string of the molecule is CC/C(=C\c1ccccc1)C(=O)NCC(=O)NCCN1CCOCC1. The quantitative estimate of drug-likeness (QED) is 0.691. The molecule has 1 fully saturated rings. The molecule has 136 valence electrons. The number of ether oxygens (including phenoxy) is 1. The van der Waals surface area contributed by atoms with Crippen molar-refractivity contribution in [2.45, 2.75) is 13.3 Å². The lowest BCUT2D eigenvalue weighted by Crippen LogP contribution is -2.43. The number of benzene rings is 1. The normalized spacial score (nSPS) is 15.6. The number of hydrogen-bond acceptors (Lipinski definition) is 4. The predicted octanol–water partition coefficient (Wildman–Crippen LogP) is 1.04. The molecule has 1 saturated heterocycles. The van der Waals surface area contributed by atoms with Crippen molar-refractivity contribution >= 4 is 17.9 Å². The van der Waals surface area contributed by atoms with Crippen LogP contribution in [0.5, 0.6) is 0 Å². The molecule has 1 aromatic carbocycles. The van der Waals surface area contributed by atoms with Gasteiger partial charge in [-0.3, -0.25) is 14.5 Å². The number of hydrogen-bond donors (Lipinski definition) is 2. The number of nitrogens with one attached hydrogen (secondary N) is 2. The summed E-state index contributed by atoms with van der Waals surface area (Å²) in [6.07, 6.45) is 2.46. The third-order valence-corrected chi connectivity index (χ3v) is 4.08. The molecule has 2 N–H and O–H groups in total. The summed E-state index contributed by atoms with van der Waals surface area (Å²) in [5.41, 5.74) is 1.64. The van der Waals surface area contributed by atoms with E-state index in [0.29, 0.717) is 18.5 Å². The van der Waals surface area contributed by atoms with Gasteiger partial charge in [0.25, 0.3) is 0 Å². The Morgan fingerprint density at radius 3 is 2.56 bits per heavy atom. The van der Waals surface area contributed by atoms with Gasteiger partial charge in [-0.2, -0.15) is 0 Å². The monoisotopic (exact) mass is 345 g/mol. The van der Waals surface area contributed by atoms with Gasteiger partial charge in [0.1, 0.15) is 0 Å². The van der Waals surface area contributed by atoms with E-state index >= 15 is 0 Å². The Balaban J connectivity index is 1.70. The van der Waals surface area contributed by atoms with Crippen molar-refractivity contribution in [3.8, 4) is 0 Å². The van der Waals surface area contributed by atoms with Crippen molar-refractivity contribution in [1.29, 1.82) is 0 Å².